The van der Waals surface area contributed by atoms with Crippen LogP contribution in [0.1, 0.15) is 12.8 Å². The Morgan fingerprint density at radius 3 is 3.00 bits per heavy atom. The van der Waals surface area contributed by atoms with Gasteiger partial charge in [0.15, 0.2) is 0 Å². The minimum Gasteiger partial charge on any atom is -0.364 e. The Morgan fingerprint density at radius 2 is 2.36 bits per heavy atom. The number of amides is 1. The Bertz CT molecular complexity index is 660. The van der Waals surface area contributed by atoms with E-state index in [0.717, 1.165) is 12.1 Å². The molecule has 3 rings (SSSR count). The zero-order valence-electron chi connectivity index (χ0n) is 11.9. The van der Waals surface area contributed by atoms with Gasteiger partial charge < -0.3 is 15.8 Å². The second-order valence-corrected chi connectivity index (χ2v) is 5.57. The third-order valence-corrected chi connectivity index (χ3v) is 3.93. The van der Waals surface area contributed by atoms with Gasteiger partial charge in [-0.3, -0.25) is 4.79 Å². The molecule has 1 aromatic heterocycles. The van der Waals surface area contributed by atoms with Crippen LogP contribution < -0.4 is 11.1 Å². The molecule has 7 heteroatoms. The van der Waals surface area contributed by atoms with Crippen LogP contribution in [0.2, 0.25) is 5.02 Å². The van der Waals surface area contributed by atoms with Crippen LogP contribution in [0.15, 0.2) is 36.7 Å². The van der Waals surface area contributed by atoms with Crippen molar-refractivity contribution in [3.63, 3.8) is 0 Å². The molecule has 1 aliphatic heterocycles. The number of benzene rings is 1. The molecule has 1 amide bonds. The van der Waals surface area contributed by atoms with Crippen molar-refractivity contribution in [1.82, 2.24) is 9.78 Å². The number of anilines is 1. The number of aromatic nitrogens is 2. The normalized spacial score (nSPS) is 21.0. The lowest BCUT2D eigenvalue weighted by Gasteiger charge is -2.13. The number of halogens is 1. The predicted octanol–water partition coefficient (Wildman–Crippen LogP) is 1.97. The minimum atomic E-state index is -0.446. The monoisotopic (exact) mass is 320 g/mol. The van der Waals surface area contributed by atoms with Crippen molar-refractivity contribution in [3.8, 4) is 5.69 Å². The van der Waals surface area contributed by atoms with Crippen molar-refractivity contribution in [3.05, 3.63) is 41.7 Å². The summed E-state index contributed by atoms with van der Waals surface area (Å²) in [5.74, 6) is -0.168. The molecule has 0 spiro atoms. The van der Waals surface area contributed by atoms with Gasteiger partial charge in [0, 0.05) is 24.6 Å². The van der Waals surface area contributed by atoms with Crippen LogP contribution in [0.25, 0.3) is 5.69 Å². The van der Waals surface area contributed by atoms with Crippen LogP contribution in [0, 0.1) is 0 Å². The lowest BCUT2D eigenvalue weighted by atomic mass is 10.2. The molecule has 2 heterocycles. The molecule has 0 saturated carbocycles. The first-order valence-electron chi connectivity index (χ1n) is 7.13. The summed E-state index contributed by atoms with van der Waals surface area (Å²) in [4.78, 5) is 12.2. The first kappa shape index (κ1) is 15.0. The molecule has 2 atom stereocenters. The molecule has 0 radical (unpaired) electrons. The predicted molar refractivity (Wildman–Crippen MR) is 84.2 cm³/mol. The fourth-order valence-electron chi connectivity index (χ4n) is 2.48. The fourth-order valence-corrected chi connectivity index (χ4v) is 2.74. The van der Waals surface area contributed by atoms with E-state index in [-0.39, 0.29) is 12.0 Å². The minimum absolute atomic E-state index is 0.0264. The Kier molecular flexibility index (Phi) is 4.42. The SMILES string of the molecule is NC[C@H]1CC[C@@H](C(=O)Nc2ccc(-n3cccn3)c(Cl)c2)O1. The molecule has 1 aliphatic rings. The van der Waals surface area contributed by atoms with Crippen molar-refractivity contribution in [2.45, 2.75) is 25.0 Å². The molecule has 1 aromatic carbocycles. The summed E-state index contributed by atoms with van der Waals surface area (Å²) in [6, 6.07) is 7.11. The maximum Gasteiger partial charge on any atom is 0.253 e. The molecule has 0 bridgehead atoms. The average Bonchev–Trinajstić information content (AvgIpc) is 3.19. The number of carbonyl (C=O) groups excluding carboxylic acids is 1. The van der Waals surface area contributed by atoms with Gasteiger partial charge in [-0.1, -0.05) is 11.6 Å². The third-order valence-electron chi connectivity index (χ3n) is 3.63. The summed E-state index contributed by atoms with van der Waals surface area (Å²) in [6.07, 6.45) is 4.51. The number of ether oxygens (including phenoxy) is 1. The van der Waals surface area contributed by atoms with E-state index < -0.39 is 6.10 Å². The summed E-state index contributed by atoms with van der Waals surface area (Å²) in [5, 5.41) is 7.46. The van der Waals surface area contributed by atoms with Gasteiger partial charge in [-0.2, -0.15) is 5.10 Å². The molecule has 1 saturated heterocycles. The zero-order valence-corrected chi connectivity index (χ0v) is 12.7. The van der Waals surface area contributed by atoms with E-state index in [9.17, 15) is 4.79 Å². The number of nitrogens with zero attached hydrogens (tertiary/aromatic N) is 2. The Labute approximate surface area is 133 Å². The smallest absolute Gasteiger partial charge is 0.253 e. The van der Waals surface area contributed by atoms with Crippen LogP contribution in [0.4, 0.5) is 5.69 Å². The van der Waals surface area contributed by atoms with Crippen LogP contribution in [0.3, 0.4) is 0 Å². The molecule has 1 fully saturated rings. The number of rotatable bonds is 4. The summed E-state index contributed by atoms with van der Waals surface area (Å²) >= 11 is 6.25. The highest BCUT2D eigenvalue weighted by Crippen LogP contribution is 2.25. The van der Waals surface area contributed by atoms with Crippen LogP contribution in [0.5, 0.6) is 0 Å². The average molecular weight is 321 g/mol. The molecule has 0 unspecified atom stereocenters. The second-order valence-electron chi connectivity index (χ2n) is 5.17. The number of hydrogen-bond donors (Lipinski definition) is 2. The van der Waals surface area contributed by atoms with Gasteiger partial charge in [-0.15, -0.1) is 0 Å². The van der Waals surface area contributed by atoms with E-state index in [0.29, 0.717) is 23.7 Å². The molecule has 22 heavy (non-hydrogen) atoms. The third kappa shape index (κ3) is 3.14. The molecule has 0 aliphatic carbocycles. The van der Waals surface area contributed by atoms with Crippen molar-refractivity contribution >= 4 is 23.2 Å². The fraction of sp³-hybridized carbons (Fsp3) is 0.333. The highest BCUT2D eigenvalue weighted by atomic mass is 35.5. The Balaban J connectivity index is 1.68. The highest BCUT2D eigenvalue weighted by molar-refractivity contribution is 6.32. The Morgan fingerprint density at radius 1 is 1.50 bits per heavy atom. The first-order chi connectivity index (χ1) is 10.7. The van der Waals surface area contributed by atoms with E-state index in [1.54, 1.807) is 29.2 Å². The quantitative estimate of drug-likeness (QED) is 0.902. The van der Waals surface area contributed by atoms with Crippen molar-refractivity contribution < 1.29 is 9.53 Å². The van der Waals surface area contributed by atoms with E-state index in [2.05, 4.69) is 10.4 Å². The zero-order chi connectivity index (χ0) is 15.5. The van der Waals surface area contributed by atoms with Gasteiger partial charge in [0.05, 0.1) is 16.8 Å². The molecule has 6 nitrogen and oxygen atoms in total. The second kappa shape index (κ2) is 6.48. The lowest BCUT2D eigenvalue weighted by Crippen LogP contribution is -2.29. The van der Waals surface area contributed by atoms with Gasteiger partial charge in [-0.05, 0) is 37.1 Å². The topological polar surface area (TPSA) is 82.2 Å². The number of nitrogens with two attached hydrogens (primary N) is 1. The molecular formula is C15H17ClN4O2. The largest absolute Gasteiger partial charge is 0.364 e. The molecule has 2 aromatic rings. The highest BCUT2D eigenvalue weighted by Gasteiger charge is 2.29. The maximum atomic E-state index is 12.2. The number of hydrogen-bond acceptors (Lipinski definition) is 4. The van der Waals surface area contributed by atoms with Gasteiger partial charge in [0.2, 0.25) is 0 Å². The van der Waals surface area contributed by atoms with E-state index in [1.807, 2.05) is 12.1 Å². The summed E-state index contributed by atoms with van der Waals surface area (Å²) in [5.41, 5.74) is 6.93. The van der Waals surface area contributed by atoms with Crippen molar-refractivity contribution in [2.24, 2.45) is 5.73 Å². The summed E-state index contributed by atoms with van der Waals surface area (Å²) in [7, 11) is 0. The van der Waals surface area contributed by atoms with Crippen LogP contribution in [-0.2, 0) is 9.53 Å². The molecule has 116 valence electrons. The van der Waals surface area contributed by atoms with Crippen molar-refractivity contribution in [1.29, 1.82) is 0 Å². The van der Waals surface area contributed by atoms with Crippen LogP contribution >= 0.6 is 11.6 Å². The van der Waals surface area contributed by atoms with Gasteiger partial charge in [0.1, 0.15) is 6.10 Å². The molecule has 3 N–H and O–H groups in total. The van der Waals surface area contributed by atoms with Gasteiger partial charge in [0.25, 0.3) is 5.91 Å². The summed E-state index contributed by atoms with van der Waals surface area (Å²) in [6.45, 7) is 0.439. The van der Waals surface area contributed by atoms with Crippen molar-refractivity contribution in [2.75, 3.05) is 11.9 Å². The maximum absolute atomic E-state index is 12.2. The number of carbonyl (C=O) groups is 1. The van der Waals surface area contributed by atoms with Gasteiger partial charge in [-0.25, -0.2) is 4.68 Å². The first-order valence-corrected chi connectivity index (χ1v) is 7.51. The van der Waals surface area contributed by atoms with Crippen LogP contribution in [-0.4, -0.2) is 34.4 Å². The standard InChI is InChI=1S/C15H17ClN4O2/c16-12-8-10(2-4-13(12)20-7-1-6-18-20)19-15(21)14-5-3-11(9-17)22-14/h1-2,4,6-8,11,14H,3,5,9,17H2,(H,19,21)/t11-,14+/m1/s1. The number of nitrogens with one attached hydrogen (secondary N) is 1. The van der Waals surface area contributed by atoms with Gasteiger partial charge >= 0.3 is 0 Å². The Hall–Kier alpha value is -1.89. The van der Waals surface area contributed by atoms with E-state index >= 15 is 0 Å². The lowest BCUT2D eigenvalue weighted by molar-refractivity contribution is -0.126. The molecular weight excluding hydrogens is 304 g/mol. The van der Waals surface area contributed by atoms with E-state index in [1.165, 1.54) is 0 Å². The summed E-state index contributed by atoms with van der Waals surface area (Å²) < 4.78 is 7.24. The van der Waals surface area contributed by atoms with E-state index in [4.69, 9.17) is 22.1 Å².